The van der Waals surface area contributed by atoms with Crippen LogP contribution in [0.25, 0.3) is 11.4 Å². The molecule has 2 aromatic rings. The Bertz CT molecular complexity index is 760. The van der Waals surface area contributed by atoms with E-state index in [-0.39, 0.29) is 11.7 Å². The van der Waals surface area contributed by atoms with Crippen LogP contribution in [0.15, 0.2) is 40.3 Å². The Labute approximate surface area is 123 Å². The molecule has 0 amide bonds. The van der Waals surface area contributed by atoms with Crippen LogP contribution in [0.2, 0.25) is 0 Å². The van der Waals surface area contributed by atoms with E-state index < -0.39 is 9.84 Å². The minimum atomic E-state index is -3.04. The normalized spacial score (nSPS) is 20.0. The topological polar surface area (TPSA) is 73.1 Å². The van der Waals surface area contributed by atoms with Crippen molar-refractivity contribution in [3.05, 3.63) is 47.2 Å². The molecule has 1 aromatic heterocycles. The van der Waals surface area contributed by atoms with E-state index in [4.69, 9.17) is 4.52 Å². The fourth-order valence-electron chi connectivity index (χ4n) is 2.34. The summed E-state index contributed by atoms with van der Waals surface area (Å²) in [6.45, 7) is 2.10. The third-order valence-electron chi connectivity index (χ3n) is 3.53. The molecule has 3 rings (SSSR count). The van der Waals surface area contributed by atoms with Gasteiger partial charge in [0.25, 0.3) is 0 Å². The van der Waals surface area contributed by atoms with Crippen LogP contribution in [0.3, 0.4) is 0 Å². The highest BCUT2D eigenvalue weighted by Gasteiger charge is 2.24. The monoisotopic (exact) mass is 304 g/mol. The fourth-order valence-corrected chi connectivity index (χ4v) is 3.73. The zero-order valence-corrected chi connectivity index (χ0v) is 12.5. The van der Waals surface area contributed by atoms with Crippen LogP contribution in [-0.2, 0) is 22.7 Å². The Morgan fingerprint density at radius 1 is 1.29 bits per heavy atom. The summed E-state index contributed by atoms with van der Waals surface area (Å²) in [6.07, 6.45) is 3.13. The van der Waals surface area contributed by atoms with Gasteiger partial charge in [0.05, 0.1) is 5.75 Å². The van der Waals surface area contributed by atoms with Gasteiger partial charge in [-0.3, -0.25) is 0 Å². The van der Waals surface area contributed by atoms with Crippen LogP contribution in [0, 0.1) is 5.92 Å². The second-order valence-electron chi connectivity index (χ2n) is 5.18. The van der Waals surface area contributed by atoms with Crippen molar-refractivity contribution in [1.82, 2.24) is 10.1 Å². The molecule has 0 aliphatic carbocycles. The van der Waals surface area contributed by atoms with E-state index in [1.807, 2.05) is 24.3 Å². The van der Waals surface area contributed by atoms with Crippen molar-refractivity contribution in [3.63, 3.8) is 0 Å². The second kappa shape index (κ2) is 5.44. The molecule has 1 unspecified atom stereocenters. The zero-order valence-electron chi connectivity index (χ0n) is 11.7. The first-order valence-corrected chi connectivity index (χ1v) is 8.60. The molecule has 110 valence electrons. The molecule has 1 aromatic carbocycles. The van der Waals surface area contributed by atoms with Crippen LogP contribution >= 0.6 is 0 Å². The average molecular weight is 304 g/mol. The predicted octanol–water partition coefficient (Wildman–Crippen LogP) is 2.40. The minimum Gasteiger partial charge on any atom is -0.339 e. The molecule has 0 spiro atoms. The Kier molecular flexibility index (Phi) is 3.63. The summed E-state index contributed by atoms with van der Waals surface area (Å²) in [5, 5.41) is 5.22. The first kappa shape index (κ1) is 14.0. The van der Waals surface area contributed by atoms with Crippen molar-refractivity contribution >= 4 is 9.84 Å². The number of hydrogen-bond donors (Lipinski definition) is 0. The van der Waals surface area contributed by atoms with E-state index in [0.29, 0.717) is 18.1 Å². The molecule has 0 bridgehead atoms. The number of allylic oxidation sites excluding steroid dienone is 1. The third kappa shape index (κ3) is 3.21. The molecule has 1 aliphatic rings. The zero-order chi connectivity index (χ0) is 14.9. The van der Waals surface area contributed by atoms with Crippen molar-refractivity contribution < 1.29 is 12.9 Å². The third-order valence-corrected chi connectivity index (χ3v) is 4.99. The summed E-state index contributed by atoms with van der Waals surface area (Å²) in [7, 11) is -3.04. The number of sulfone groups is 1. The summed E-state index contributed by atoms with van der Waals surface area (Å²) in [5.41, 5.74) is 2.15. The molecule has 21 heavy (non-hydrogen) atoms. The fraction of sp³-hybridized carbons (Fsp3) is 0.333. The summed E-state index contributed by atoms with van der Waals surface area (Å²) in [5.74, 6) is 1.05. The van der Waals surface area contributed by atoms with Crippen molar-refractivity contribution in [3.8, 4) is 11.4 Å². The maximum absolute atomic E-state index is 11.4. The highest BCUT2D eigenvalue weighted by Crippen LogP contribution is 2.21. The van der Waals surface area contributed by atoms with Gasteiger partial charge in [0.1, 0.15) is 0 Å². The van der Waals surface area contributed by atoms with Crippen LogP contribution < -0.4 is 0 Å². The van der Waals surface area contributed by atoms with E-state index >= 15 is 0 Å². The van der Waals surface area contributed by atoms with E-state index in [1.54, 1.807) is 6.08 Å². The summed E-state index contributed by atoms with van der Waals surface area (Å²) >= 11 is 0. The van der Waals surface area contributed by atoms with Gasteiger partial charge in [0.15, 0.2) is 9.84 Å². The molecule has 6 heteroatoms. The Morgan fingerprint density at radius 2 is 2.05 bits per heavy atom. The summed E-state index contributed by atoms with van der Waals surface area (Å²) in [4.78, 5) is 4.34. The smallest absolute Gasteiger partial charge is 0.227 e. The molecule has 5 nitrogen and oxygen atoms in total. The molecule has 0 N–H and O–H groups in total. The van der Waals surface area contributed by atoms with Gasteiger partial charge < -0.3 is 4.52 Å². The lowest BCUT2D eigenvalue weighted by Gasteiger charge is -2.00. The predicted molar refractivity (Wildman–Crippen MR) is 79.2 cm³/mol. The molecular formula is C15H16N2O3S. The van der Waals surface area contributed by atoms with Gasteiger partial charge in [-0.2, -0.15) is 4.98 Å². The maximum atomic E-state index is 11.4. The molecule has 0 fully saturated rings. The van der Waals surface area contributed by atoms with Gasteiger partial charge in [-0.1, -0.05) is 42.4 Å². The Balaban J connectivity index is 1.73. The molecular weight excluding hydrogens is 288 g/mol. The summed E-state index contributed by atoms with van der Waals surface area (Å²) in [6, 6.07) is 8.01. The Morgan fingerprint density at radius 3 is 2.67 bits per heavy atom. The number of aryl methyl sites for hydroxylation is 1. The van der Waals surface area contributed by atoms with E-state index in [0.717, 1.165) is 12.0 Å². The maximum Gasteiger partial charge on any atom is 0.227 e. The molecule has 0 saturated heterocycles. The first-order chi connectivity index (χ1) is 10.1. The quantitative estimate of drug-likeness (QED) is 0.867. The van der Waals surface area contributed by atoms with Crippen molar-refractivity contribution in [2.45, 2.75) is 19.8 Å². The number of hydrogen-bond acceptors (Lipinski definition) is 5. The number of aromatic nitrogens is 2. The Hall–Kier alpha value is -1.95. The average Bonchev–Trinajstić information content (AvgIpc) is 3.06. The highest BCUT2D eigenvalue weighted by atomic mass is 32.2. The van der Waals surface area contributed by atoms with E-state index in [1.165, 1.54) is 11.0 Å². The van der Waals surface area contributed by atoms with Gasteiger partial charge in [-0.25, -0.2) is 8.42 Å². The van der Waals surface area contributed by atoms with E-state index in [2.05, 4.69) is 17.1 Å². The minimum absolute atomic E-state index is 0.0780. The lowest BCUT2D eigenvalue weighted by Crippen LogP contribution is -2.08. The van der Waals surface area contributed by atoms with Gasteiger partial charge in [0, 0.05) is 23.3 Å². The van der Waals surface area contributed by atoms with Gasteiger partial charge in [-0.05, 0) is 12.0 Å². The molecule has 2 heterocycles. The lowest BCUT2D eigenvalue weighted by atomic mass is 10.1. The van der Waals surface area contributed by atoms with Crippen LogP contribution in [0.1, 0.15) is 18.4 Å². The molecule has 1 atom stereocenters. The van der Waals surface area contributed by atoms with Crippen LogP contribution in [-0.4, -0.2) is 24.3 Å². The molecule has 0 radical (unpaired) electrons. The van der Waals surface area contributed by atoms with Crippen molar-refractivity contribution in [1.29, 1.82) is 0 Å². The summed E-state index contributed by atoms with van der Waals surface area (Å²) < 4.78 is 27.9. The van der Waals surface area contributed by atoms with Gasteiger partial charge >= 0.3 is 0 Å². The first-order valence-electron chi connectivity index (χ1n) is 6.88. The molecule has 0 saturated carbocycles. The molecule has 1 aliphatic heterocycles. The number of benzene rings is 1. The van der Waals surface area contributed by atoms with Crippen molar-refractivity contribution in [2.24, 2.45) is 5.92 Å². The van der Waals surface area contributed by atoms with Gasteiger partial charge in [-0.15, -0.1) is 0 Å². The lowest BCUT2D eigenvalue weighted by molar-refractivity contribution is 0.369. The van der Waals surface area contributed by atoms with Gasteiger partial charge in [0.2, 0.25) is 11.7 Å². The van der Waals surface area contributed by atoms with Crippen molar-refractivity contribution in [2.75, 3.05) is 5.75 Å². The van der Waals surface area contributed by atoms with Crippen LogP contribution in [0.5, 0.6) is 0 Å². The second-order valence-corrected chi connectivity index (χ2v) is 7.12. The largest absolute Gasteiger partial charge is 0.339 e. The SMILES string of the molecule is CCc1ccc(-c2noc(CC3C=CS(=O)(=O)C3)n2)cc1. The van der Waals surface area contributed by atoms with E-state index in [9.17, 15) is 8.42 Å². The number of nitrogens with zero attached hydrogens (tertiary/aromatic N) is 2. The highest BCUT2D eigenvalue weighted by molar-refractivity contribution is 7.94. The van der Waals surface area contributed by atoms with Crippen LogP contribution in [0.4, 0.5) is 0 Å². The number of rotatable bonds is 4. The standard InChI is InChI=1S/C15H16N2O3S/c1-2-11-3-5-13(6-4-11)15-16-14(20-17-15)9-12-7-8-21(18,19)10-12/h3-8,12H,2,9-10H2,1H3.